The molecule has 0 spiro atoms. The maximum Gasteiger partial charge on any atom is 0.142 e. The summed E-state index contributed by atoms with van der Waals surface area (Å²) in [5.41, 5.74) is 0.786. The largest absolute Gasteiger partial charge is 0.306 e. The van der Waals surface area contributed by atoms with Crippen molar-refractivity contribution in [2.24, 2.45) is 0 Å². The molecule has 0 aromatic heterocycles. The summed E-state index contributed by atoms with van der Waals surface area (Å²) in [6, 6.07) is 7.05. The smallest absolute Gasteiger partial charge is 0.142 e. The van der Waals surface area contributed by atoms with Crippen LogP contribution in [-0.2, 0) is 0 Å². The zero-order chi connectivity index (χ0) is 14.7. The summed E-state index contributed by atoms with van der Waals surface area (Å²) in [5, 5.41) is 3.05. The molecular formula is C15H13ClF3N. The summed E-state index contributed by atoms with van der Waals surface area (Å²) < 4.78 is 40.4. The average Bonchev–Trinajstić information content (AvgIpc) is 2.40. The summed E-state index contributed by atoms with van der Waals surface area (Å²) in [6.07, 6.45) is 0. The molecule has 2 aromatic carbocycles. The number of halogens is 4. The van der Waals surface area contributed by atoms with Crippen molar-refractivity contribution in [2.45, 2.75) is 13.0 Å². The van der Waals surface area contributed by atoms with E-state index in [4.69, 9.17) is 11.6 Å². The van der Waals surface area contributed by atoms with E-state index in [1.807, 2.05) is 6.92 Å². The lowest BCUT2D eigenvalue weighted by atomic mass is 9.98. The van der Waals surface area contributed by atoms with Crippen LogP contribution < -0.4 is 5.32 Å². The number of rotatable bonds is 4. The Bertz CT molecular complexity index is 616. The summed E-state index contributed by atoms with van der Waals surface area (Å²) in [5.74, 6) is -1.90. The molecule has 0 radical (unpaired) electrons. The van der Waals surface area contributed by atoms with Gasteiger partial charge in [0.05, 0.1) is 11.1 Å². The van der Waals surface area contributed by atoms with Crippen LogP contribution >= 0.6 is 11.6 Å². The normalized spacial score (nSPS) is 12.4. The molecule has 0 fully saturated rings. The highest BCUT2D eigenvalue weighted by Gasteiger charge is 2.18. The predicted molar refractivity (Wildman–Crippen MR) is 73.3 cm³/mol. The van der Waals surface area contributed by atoms with Gasteiger partial charge < -0.3 is 5.32 Å². The Balaban J connectivity index is 2.47. The zero-order valence-electron chi connectivity index (χ0n) is 10.8. The average molecular weight is 300 g/mol. The van der Waals surface area contributed by atoms with E-state index in [0.29, 0.717) is 12.1 Å². The molecule has 0 heterocycles. The minimum Gasteiger partial charge on any atom is -0.306 e. The van der Waals surface area contributed by atoms with Crippen molar-refractivity contribution in [3.63, 3.8) is 0 Å². The third kappa shape index (κ3) is 3.14. The SMILES string of the molecule is CCNC(c1ccc(Cl)c(F)c1)c1ccc(F)cc1F. The van der Waals surface area contributed by atoms with E-state index in [1.54, 1.807) is 6.07 Å². The first-order valence-corrected chi connectivity index (χ1v) is 6.54. The lowest BCUT2D eigenvalue weighted by Crippen LogP contribution is -2.23. The maximum absolute atomic E-state index is 13.9. The van der Waals surface area contributed by atoms with Crippen LogP contribution in [0.15, 0.2) is 36.4 Å². The number of benzene rings is 2. The molecule has 1 atom stereocenters. The minimum atomic E-state index is -0.675. The molecule has 0 saturated heterocycles. The molecule has 1 nitrogen and oxygen atoms in total. The Labute approximate surface area is 120 Å². The zero-order valence-corrected chi connectivity index (χ0v) is 11.5. The molecule has 2 aromatic rings. The highest BCUT2D eigenvalue weighted by atomic mass is 35.5. The molecule has 0 aliphatic carbocycles. The van der Waals surface area contributed by atoms with Gasteiger partial charge in [-0.15, -0.1) is 0 Å². The number of hydrogen-bond donors (Lipinski definition) is 1. The summed E-state index contributed by atoms with van der Waals surface area (Å²) in [6.45, 7) is 2.40. The Kier molecular flexibility index (Phi) is 4.68. The number of hydrogen-bond acceptors (Lipinski definition) is 1. The van der Waals surface area contributed by atoms with Crippen molar-refractivity contribution < 1.29 is 13.2 Å². The summed E-state index contributed by atoms with van der Waals surface area (Å²) >= 11 is 5.64. The molecule has 1 N–H and O–H groups in total. The molecule has 0 aliphatic rings. The minimum absolute atomic E-state index is 0.00331. The van der Waals surface area contributed by atoms with Gasteiger partial charge in [-0.3, -0.25) is 0 Å². The van der Waals surface area contributed by atoms with E-state index in [9.17, 15) is 13.2 Å². The third-order valence-corrected chi connectivity index (χ3v) is 3.27. The fraction of sp³-hybridized carbons (Fsp3) is 0.200. The first kappa shape index (κ1) is 14.9. The van der Waals surface area contributed by atoms with Gasteiger partial charge in [0.25, 0.3) is 0 Å². The van der Waals surface area contributed by atoms with Crippen LogP contribution in [0.25, 0.3) is 0 Å². The monoisotopic (exact) mass is 299 g/mol. The van der Waals surface area contributed by atoms with E-state index >= 15 is 0 Å². The van der Waals surface area contributed by atoms with Gasteiger partial charge in [0.2, 0.25) is 0 Å². The van der Waals surface area contributed by atoms with E-state index < -0.39 is 23.5 Å². The Morgan fingerprint density at radius 2 is 1.80 bits per heavy atom. The van der Waals surface area contributed by atoms with Gasteiger partial charge in [0, 0.05) is 11.6 Å². The third-order valence-electron chi connectivity index (χ3n) is 2.96. The Morgan fingerprint density at radius 3 is 2.40 bits per heavy atom. The van der Waals surface area contributed by atoms with Crippen LogP contribution in [0.4, 0.5) is 13.2 Å². The molecule has 0 aliphatic heterocycles. The first-order valence-electron chi connectivity index (χ1n) is 6.16. The molecule has 5 heteroatoms. The van der Waals surface area contributed by atoms with E-state index in [-0.39, 0.29) is 10.6 Å². The molecule has 106 valence electrons. The van der Waals surface area contributed by atoms with Gasteiger partial charge in [0.1, 0.15) is 17.5 Å². The molecule has 1 unspecified atom stereocenters. The Morgan fingerprint density at radius 1 is 1.05 bits per heavy atom. The number of nitrogens with one attached hydrogen (secondary N) is 1. The van der Waals surface area contributed by atoms with Gasteiger partial charge in [-0.25, -0.2) is 13.2 Å². The van der Waals surface area contributed by atoms with Crippen LogP contribution in [0.5, 0.6) is 0 Å². The highest BCUT2D eigenvalue weighted by molar-refractivity contribution is 6.30. The second-order valence-corrected chi connectivity index (χ2v) is 4.74. The van der Waals surface area contributed by atoms with Crippen LogP contribution in [0.3, 0.4) is 0 Å². The van der Waals surface area contributed by atoms with Crippen LogP contribution in [-0.4, -0.2) is 6.54 Å². The Hall–Kier alpha value is -1.52. The van der Waals surface area contributed by atoms with Gasteiger partial charge >= 0.3 is 0 Å². The highest BCUT2D eigenvalue weighted by Crippen LogP contribution is 2.27. The van der Waals surface area contributed by atoms with Crippen LogP contribution in [0.2, 0.25) is 5.02 Å². The maximum atomic E-state index is 13.9. The van der Waals surface area contributed by atoms with E-state index in [2.05, 4.69) is 5.32 Å². The van der Waals surface area contributed by atoms with E-state index in [1.165, 1.54) is 24.3 Å². The molecule has 0 saturated carbocycles. The standard InChI is InChI=1S/C15H13ClF3N/c1-2-20-15(9-3-6-12(16)14(19)7-9)11-5-4-10(17)8-13(11)18/h3-8,15,20H,2H2,1H3. The topological polar surface area (TPSA) is 12.0 Å². The first-order chi connectivity index (χ1) is 9.52. The van der Waals surface area contributed by atoms with Crippen LogP contribution in [0, 0.1) is 17.5 Å². The van der Waals surface area contributed by atoms with Crippen LogP contribution in [0.1, 0.15) is 24.1 Å². The summed E-state index contributed by atoms with van der Waals surface area (Å²) in [4.78, 5) is 0. The van der Waals surface area contributed by atoms with E-state index in [0.717, 1.165) is 6.07 Å². The lowest BCUT2D eigenvalue weighted by Gasteiger charge is -2.20. The molecule has 20 heavy (non-hydrogen) atoms. The second kappa shape index (κ2) is 6.29. The molecule has 0 bridgehead atoms. The van der Waals surface area contributed by atoms with Crippen molar-refractivity contribution in [3.8, 4) is 0 Å². The molecule has 2 rings (SSSR count). The van der Waals surface area contributed by atoms with Crippen molar-refractivity contribution in [1.82, 2.24) is 5.32 Å². The van der Waals surface area contributed by atoms with Crippen molar-refractivity contribution in [3.05, 3.63) is 70.0 Å². The van der Waals surface area contributed by atoms with Gasteiger partial charge in [-0.1, -0.05) is 30.7 Å². The quantitative estimate of drug-likeness (QED) is 0.879. The second-order valence-electron chi connectivity index (χ2n) is 4.33. The van der Waals surface area contributed by atoms with Gasteiger partial charge in [0.15, 0.2) is 0 Å². The van der Waals surface area contributed by atoms with Crippen molar-refractivity contribution in [1.29, 1.82) is 0 Å². The van der Waals surface area contributed by atoms with Gasteiger partial charge in [-0.2, -0.15) is 0 Å². The summed E-state index contributed by atoms with van der Waals surface area (Å²) in [7, 11) is 0. The fourth-order valence-electron chi connectivity index (χ4n) is 2.04. The van der Waals surface area contributed by atoms with Crippen molar-refractivity contribution in [2.75, 3.05) is 6.54 Å². The van der Waals surface area contributed by atoms with Gasteiger partial charge in [-0.05, 0) is 30.3 Å². The van der Waals surface area contributed by atoms with Crippen molar-refractivity contribution >= 4 is 11.6 Å². The predicted octanol–water partition coefficient (Wildman–Crippen LogP) is 4.46. The molecular weight excluding hydrogens is 287 g/mol. The lowest BCUT2D eigenvalue weighted by molar-refractivity contribution is 0.538. The fourth-order valence-corrected chi connectivity index (χ4v) is 2.16. The molecule has 0 amide bonds.